The van der Waals surface area contributed by atoms with Crippen molar-refractivity contribution in [2.75, 3.05) is 0 Å². The summed E-state index contributed by atoms with van der Waals surface area (Å²) < 4.78 is 0.547. The maximum Gasteiger partial charge on any atom is 0.121 e. The fourth-order valence-corrected chi connectivity index (χ4v) is 2.58. The molecule has 0 radical (unpaired) electrons. The molecular formula is C14H10N2S. The van der Waals surface area contributed by atoms with Crippen molar-refractivity contribution in [2.45, 2.75) is 12.8 Å². The third-order valence-electron chi connectivity index (χ3n) is 3.20. The molecule has 1 aromatic carbocycles. The summed E-state index contributed by atoms with van der Waals surface area (Å²) in [6, 6.07) is 12.4. The highest BCUT2D eigenvalue weighted by Crippen LogP contribution is 2.32. The molecule has 17 heavy (non-hydrogen) atoms. The maximum atomic E-state index is 9.03. The topological polar surface area (TPSA) is 39.6 Å². The third-order valence-corrected chi connectivity index (χ3v) is 3.52. The maximum absolute atomic E-state index is 9.03. The van der Waals surface area contributed by atoms with E-state index in [9.17, 15) is 0 Å². The van der Waals surface area contributed by atoms with Crippen molar-refractivity contribution in [1.29, 1.82) is 5.26 Å². The monoisotopic (exact) mass is 238 g/mol. The summed E-state index contributed by atoms with van der Waals surface area (Å²) in [6.07, 6.45) is 1.99. The van der Waals surface area contributed by atoms with Crippen LogP contribution in [0.2, 0.25) is 0 Å². The predicted molar refractivity (Wildman–Crippen MR) is 69.2 cm³/mol. The van der Waals surface area contributed by atoms with E-state index in [0.717, 1.165) is 24.1 Å². The zero-order valence-corrected chi connectivity index (χ0v) is 9.97. The number of hydrogen-bond donors (Lipinski definition) is 1. The first-order valence-corrected chi connectivity index (χ1v) is 5.95. The standard InChI is InChI=1S/C14H10N2S/c15-8-10-7-12-11-4-2-1-3-9(11)5-6-13(12)16-14(10)17/h1-4,7H,5-6H2,(H,16,17). The molecule has 1 aliphatic rings. The largest absolute Gasteiger partial charge is 0.348 e. The van der Waals surface area contributed by atoms with E-state index < -0.39 is 0 Å². The van der Waals surface area contributed by atoms with Crippen LogP contribution in [0.3, 0.4) is 0 Å². The molecule has 0 fully saturated rings. The van der Waals surface area contributed by atoms with Gasteiger partial charge in [-0.05, 0) is 30.0 Å². The number of hydrogen-bond acceptors (Lipinski definition) is 2. The van der Waals surface area contributed by atoms with E-state index in [2.05, 4.69) is 29.3 Å². The van der Waals surface area contributed by atoms with Crippen LogP contribution >= 0.6 is 12.2 Å². The second-order valence-electron chi connectivity index (χ2n) is 4.17. The highest BCUT2D eigenvalue weighted by molar-refractivity contribution is 7.71. The Balaban J connectivity index is 2.32. The molecule has 0 amide bonds. The van der Waals surface area contributed by atoms with Crippen molar-refractivity contribution in [3.63, 3.8) is 0 Å². The molecule has 3 heteroatoms. The Morgan fingerprint density at radius 3 is 2.82 bits per heavy atom. The number of nitrogens with zero attached hydrogens (tertiary/aromatic N) is 1. The molecule has 0 bridgehead atoms. The Labute approximate surface area is 105 Å². The number of aromatic amines is 1. The van der Waals surface area contributed by atoms with Gasteiger partial charge in [0.2, 0.25) is 0 Å². The van der Waals surface area contributed by atoms with Crippen molar-refractivity contribution >= 4 is 12.2 Å². The van der Waals surface area contributed by atoms with Crippen LogP contribution < -0.4 is 0 Å². The molecule has 0 saturated carbocycles. The molecule has 1 aliphatic carbocycles. The molecule has 1 heterocycles. The number of fused-ring (bicyclic) bond motifs is 3. The lowest BCUT2D eigenvalue weighted by Crippen LogP contribution is -2.06. The van der Waals surface area contributed by atoms with Gasteiger partial charge in [0.15, 0.2) is 0 Å². The molecule has 0 aliphatic heterocycles. The molecule has 3 rings (SSSR count). The average Bonchev–Trinajstić information content (AvgIpc) is 2.37. The third kappa shape index (κ3) is 1.58. The molecule has 1 aromatic heterocycles. The van der Waals surface area contributed by atoms with Crippen molar-refractivity contribution in [1.82, 2.24) is 4.98 Å². The molecule has 0 saturated heterocycles. The first-order chi connectivity index (χ1) is 8.29. The van der Waals surface area contributed by atoms with E-state index in [-0.39, 0.29) is 0 Å². The quantitative estimate of drug-likeness (QED) is 0.715. The van der Waals surface area contributed by atoms with Crippen LogP contribution in [0, 0.1) is 16.0 Å². The van der Waals surface area contributed by atoms with Gasteiger partial charge in [-0.25, -0.2) is 0 Å². The summed E-state index contributed by atoms with van der Waals surface area (Å²) in [5, 5.41) is 9.03. The number of aryl methyl sites for hydroxylation is 2. The van der Waals surface area contributed by atoms with Gasteiger partial charge in [-0.2, -0.15) is 5.26 Å². The molecule has 82 valence electrons. The zero-order valence-electron chi connectivity index (χ0n) is 9.16. The van der Waals surface area contributed by atoms with E-state index in [1.165, 1.54) is 11.1 Å². The van der Waals surface area contributed by atoms with E-state index in [0.29, 0.717) is 10.2 Å². The van der Waals surface area contributed by atoms with Crippen molar-refractivity contribution in [3.8, 4) is 17.2 Å². The van der Waals surface area contributed by atoms with E-state index in [1.54, 1.807) is 0 Å². The Hall–Kier alpha value is -1.92. The minimum absolute atomic E-state index is 0.547. The smallest absolute Gasteiger partial charge is 0.121 e. The summed E-state index contributed by atoms with van der Waals surface area (Å²) in [6.45, 7) is 0. The Morgan fingerprint density at radius 1 is 1.18 bits per heavy atom. The minimum atomic E-state index is 0.547. The van der Waals surface area contributed by atoms with Gasteiger partial charge in [-0.3, -0.25) is 0 Å². The minimum Gasteiger partial charge on any atom is -0.348 e. The van der Waals surface area contributed by atoms with Crippen molar-refractivity contribution < 1.29 is 0 Å². The highest BCUT2D eigenvalue weighted by Gasteiger charge is 2.16. The van der Waals surface area contributed by atoms with Gasteiger partial charge in [0, 0.05) is 11.3 Å². The second kappa shape index (κ2) is 3.83. The van der Waals surface area contributed by atoms with Gasteiger partial charge >= 0.3 is 0 Å². The van der Waals surface area contributed by atoms with Crippen molar-refractivity contribution in [2.24, 2.45) is 0 Å². The van der Waals surface area contributed by atoms with Crippen LogP contribution in [0.5, 0.6) is 0 Å². The summed E-state index contributed by atoms with van der Waals surface area (Å²) in [5.74, 6) is 0. The van der Waals surface area contributed by atoms with Gasteiger partial charge in [0.1, 0.15) is 10.7 Å². The first-order valence-electron chi connectivity index (χ1n) is 5.54. The molecule has 0 unspecified atom stereocenters. The number of nitrogens with one attached hydrogen (secondary N) is 1. The second-order valence-corrected chi connectivity index (χ2v) is 4.58. The summed E-state index contributed by atoms with van der Waals surface area (Å²) in [7, 11) is 0. The normalized spacial score (nSPS) is 12.4. The molecule has 0 spiro atoms. The van der Waals surface area contributed by atoms with Crippen LogP contribution in [-0.4, -0.2) is 4.98 Å². The van der Waals surface area contributed by atoms with E-state index in [4.69, 9.17) is 17.5 Å². The number of rotatable bonds is 0. The Morgan fingerprint density at radius 2 is 2.00 bits per heavy atom. The Bertz CT molecular complexity index is 692. The van der Waals surface area contributed by atoms with Crippen LogP contribution in [-0.2, 0) is 12.8 Å². The SMILES string of the molecule is N#Cc1cc2c([nH]c1=S)CCc1ccccc1-2. The summed E-state index contributed by atoms with van der Waals surface area (Å²) in [4.78, 5) is 3.18. The molecule has 1 N–H and O–H groups in total. The van der Waals surface area contributed by atoms with E-state index in [1.807, 2.05) is 12.1 Å². The van der Waals surface area contributed by atoms with Gasteiger partial charge in [0.25, 0.3) is 0 Å². The number of nitriles is 1. The van der Waals surface area contributed by atoms with Gasteiger partial charge < -0.3 is 4.98 Å². The number of benzene rings is 1. The van der Waals surface area contributed by atoms with Crippen LogP contribution in [0.25, 0.3) is 11.1 Å². The predicted octanol–water partition coefficient (Wildman–Crippen LogP) is 3.38. The molecule has 0 atom stereocenters. The van der Waals surface area contributed by atoms with Crippen LogP contribution in [0.1, 0.15) is 16.8 Å². The fraction of sp³-hybridized carbons (Fsp3) is 0.143. The lowest BCUT2D eigenvalue weighted by atomic mass is 9.88. The van der Waals surface area contributed by atoms with Crippen LogP contribution in [0.4, 0.5) is 0 Å². The van der Waals surface area contributed by atoms with Gasteiger partial charge in [0.05, 0.1) is 5.56 Å². The number of H-pyrrole nitrogens is 1. The van der Waals surface area contributed by atoms with Gasteiger partial charge in [-0.1, -0.05) is 36.5 Å². The first kappa shape index (κ1) is 10.2. The van der Waals surface area contributed by atoms with Gasteiger partial charge in [-0.15, -0.1) is 0 Å². The van der Waals surface area contributed by atoms with Crippen LogP contribution in [0.15, 0.2) is 30.3 Å². The zero-order chi connectivity index (χ0) is 11.8. The average molecular weight is 238 g/mol. The van der Waals surface area contributed by atoms with Crippen molar-refractivity contribution in [3.05, 3.63) is 51.8 Å². The molecular weight excluding hydrogens is 228 g/mol. The summed E-state index contributed by atoms with van der Waals surface area (Å²) >= 11 is 5.16. The Kier molecular flexibility index (Phi) is 2.31. The lowest BCUT2D eigenvalue weighted by molar-refractivity contribution is 0.892. The van der Waals surface area contributed by atoms with E-state index >= 15 is 0 Å². The lowest BCUT2D eigenvalue weighted by Gasteiger charge is -2.19. The fourth-order valence-electron chi connectivity index (χ4n) is 2.35. The number of pyridine rings is 1. The molecule has 2 aromatic rings. The highest BCUT2D eigenvalue weighted by atomic mass is 32.1. The number of aromatic nitrogens is 1. The molecule has 2 nitrogen and oxygen atoms in total. The summed E-state index contributed by atoms with van der Waals surface area (Å²) in [5.41, 5.74) is 5.38.